The van der Waals surface area contributed by atoms with Crippen LogP contribution < -0.4 is 4.90 Å². The summed E-state index contributed by atoms with van der Waals surface area (Å²) in [6.45, 7) is 8.08. The molecule has 0 aromatic carbocycles. The van der Waals surface area contributed by atoms with Crippen LogP contribution >= 0.6 is 23.1 Å². The quantitative estimate of drug-likeness (QED) is 0.592. The van der Waals surface area contributed by atoms with Crippen molar-refractivity contribution in [2.24, 2.45) is 0 Å². The summed E-state index contributed by atoms with van der Waals surface area (Å²) in [6, 6.07) is 3.95. The summed E-state index contributed by atoms with van der Waals surface area (Å²) < 4.78 is 13.4. The summed E-state index contributed by atoms with van der Waals surface area (Å²) in [5, 5.41) is 20.0. The van der Waals surface area contributed by atoms with Crippen molar-refractivity contribution in [3.63, 3.8) is 0 Å². The molecule has 26 heavy (non-hydrogen) atoms. The highest BCUT2D eigenvalue weighted by atomic mass is 32.2. The minimum atomic E-state index is -0.0109. The van der Waals surface area contributed by atoms with Crippen molar-refractivity contribution in [2.75, 3.05) is 31.2 Å². The molecule has 1 atom stereocenters. The zero-order valence-electron chi connectivity index (χ0n) is 14.7. The van der Waals surface area contributed by atoms with E-state index in [2.05, 4.69) is 36.8 Å². The van der Waals surface area contributed by atoms with Crippen LogP contribution in [0, 0.1) is 0 Å². The van der Waals surface area contributed by atoms with Crippen LogP contribution in [0.5, 0.6) is 0 Å². The summed E-state index contributed by atoms with van der Waals surface area (Å²) in [7, 11) is 0. The van der Waals surface area contributed by atoms with E-state index in [1.54, 1.807) is 23.1 Å². The predicted molar refractivity (Wildman–Crippen MR) is 101 cm³/mol. The number of rotatable bonds is 6. The van der Waals surface area contributed by atoms with E-state index in [1.807, 2.05) is 24.4 Å². The lowest BCUT2D eigenvalue weighted by molar-refractivity contribution is 0.121. The molecule has 0 bridgehead atoms. The number of thiophene rings is 1. The van der Waals surface area contributed by atoms with E-state index >= 15 is 0 Å². The zero-order chi connectivity index (χ0) is 17.9. The Labute approximate surface area is 159 Å². The van der Waals surface area contributed by atoms with Crippen LogP contribution in [0.1, 0.15) is 25.0 Å². The van der Waals surface area contributed by atoms with Crippen molar-refractivity contribution >= 4 is 29.0 Å². The zero-order valence-corrected chi connectivity index (χ0v) is 16.3. The minimum absolute atomic E-state index is 0.0109. The average molecular weight is 393 g/mol. The Balaban J connectivity index is 1.50. The third-order valence-electron chi connectivity index (χ3n) is 4.11. The third-order valence-corrected chi connectivity index (χ3v) is 6.04. The SMILES string of the molecule is CCn1c(SC(C)c2nnc(-c3cccs3)o2)nnc1N1CCOCC1. The first-order valence-corrected chi connectivity index (χ1v) is 10.3. The van der Waals surface area contributed by atoms with Crippen LogP contribution in [0.3, 0.4) is 0 Å². The highest BCUT2D eigenvalue weighted by Crippen LogP contribution is 2.36. The van der Waals surface area contributed by atoms with E-state index in [0.29, 0.717) is 11.8 Å². The largest absolute Gasteiger partial charge is 0.419 e. The first kappa shape index (κ1) is 17.5. The van der Waals surface area contributed by atoms with Gasteiger partial charge in [0.1, 0.15) is 0 Å². The number of thioether (sulfide) groups is 1. The van der Waals surface area contributed by atoms with Gasteiger partial charge in [0.05, 0.1) is 23.3 Å². The van der Waals surface area contributed by atoms with Gasteiger partial charge < -0.3 is 14.1 Å². The number of nitrogens with zero attached hydrogens (tertiary/aromatic N) is 6. The maximum atomic E-state index is 5.84. The number of ether oxygens (including phenoxy) is 1. The van der Waals surface area contributed by atoms with Crippen molar-refractivity contribution in [3.05, 3.63) is 23.4 Å². The van der Waals surface area contributed by atoms with Gasteiger partial charge in [0.25, 0.3) is 5.89 Å². The Morgan fingerprint density at radius 2 is 2.08 bits per heavy atom. The van der Waals surface area contributed by atoms with Crippen LogP contribution in [0.2, 0.25) is 0 Å². The van der Waals surface area contributed by atoms with Gasteiger partial charge in [-0.25, -0.2) is 0 Å². The lowest BCUT2D eigenvalue weighted by Gasteiger charge is -2.27. The topological polar surface area (TPSA) is 82.1 Å². The first-order valence-electron chi connectivity index (χ1n) is 8.56. The number of hydrogen-bond donors (Lipinski definition) is 0. The number of hydrogen-bond acceptors (Lipinski definition) is 9. The van der Waals surface area contributed by atoms with E-state index in [0.717, 1.165) is 48.8 Å². The number of anilines is 1. The lowest BCUT2D eigenvalue weighted by Crippen LogP contribution is -2.38. The fourth-order valence-corrected chi connectivity index (χ4v) is 4.33. The van der Waals surface area contributed by atoms with Crippen molar-refractivity contribution in [3.8, 4) is 10.8 Å². The van der Waals surface area contributed by atoms with Crippen molar-refractivity contribution < 1.29 is 9.15 Å². The number of morpholine rings is 1. The Kier molecular flexibility index (Phi) is 5.23. The van der Waals surface area contributed by atoms with Gasteiger partial charge in [0.2, 0.25) is 11.8 Å². The molecule has 0 aliphatic carbocycles. The van der Waals surface area contributed by atoms with Gasteiger partial charge in [-0.2, -0.15) is 0 Å². The molecule has 1 fully saturated rings. The van der Waals surface area contributed by atoms with E-state index < -0.39 is 0 Å². The average Bonchev–Trinajstić information content (AvgIpc) is 3.42. The van der Waals surface area contributed by atoms with Crippen molar-refractivity contribution in [2.45, 2.75) is 30.8 Å². The molecule has 1 unspecified atom stereocenters. The lowest BCUT2D eigenvalue weighted by atomic mass is 10.4. The van der Waals surface area contributed by atoms with Crippen molar-refractivity contribution in [1.82, 2.24) is 25.0 Å². The van der Waals surface area contributed by atoms with Gasteiger partial charge in [-0.05, 0) is 25.3 Å². The van der Waals surface area contributed by atoms with Crippen molar-refractivity contribution in [1.29, 1.82) is 0 Å². The molecule has 10 heteroatoms. The normalized spacial score (nSPS) is 16.2. The van der Waals surface area contributed by atoms with Crippen LogP contribution in [0.4, 0.5) is 5.95 Å². The minimum Gasteiger partial charge on any atom is -0.419 e. The van der Waals surface area contributed by atoms with Gasteiger partial charge >= 0.3 is 0 Å². The summed E-state index contributed by atoms with van der Waals surface area (Å²) in [5.41, 5.74) is 0. The van der Waals surface area contributed by atoms with Crippen LogP contribution in [0.15, 0.2) is 27.1 Å². The van der Waals surface area contributed by atoms with Gasteiger partial charge in [-0.1, -0.05) is 17.8 Å². The summed E-state index contributed by atoms with van der Waals surface area (Å²) in [5.74, 6) is 2.06. The Bertz CT molecular complexity index is 841. The molecule has 8 nitrogen and oxygen atoms in total. The van der Waals surface area contributed by atoms with Gasteiger partial charge in [0.15, 0.2) is 5.16 Å². The molecule has 3 aromatic heterocycles. The van der Waals surface area contributed by atoms with E-state index in [1.165, 1.54) is 0 Å². The molecule has 1 aliphatic rings. The van der Waals surface area contributed by atoms with Crippen LogP contribution in [-0.4, -0.2) is 51.3 Å². The highest BCUT2D eigenvalue weighted by Gasteiger charge is 2.23. The van der Waals surface area contributed by atoms with Gasteiger partial charge in [-0.15, -0.1) is 31.7 Å². The second-order valence-corrected chi connectivity index (χ2v) is 8.06. The molecule has 0 N–H and O–H groups in total. The summed E-state index contributed by atoms with van der Waals surface area (Å²) >= 11 is 3.17. The van der Waals surface area contributed by atoms with E-state index in [4.69, 9.17) is 9.15 Å². The molecule has 3 aromatic rings. The van der Waals surface area contributed by atoms with Crippen LogP contribution in [0.25, 0.3) is 10.8 Å². The van der Waals surface area contributed by atoms with E-state index in [-0.39, 0.29) is 5.25 Å². The second-order valence-electron chi connectivity index (χ2n) is 5.81. The molecule has 4 rings (SSSR count). The molecular weight excluding hydrogens is 372 g/mol. The van der Waals surface area contributed by atoms with Gasteiger partial charge in [-0.3, -0.25) is 4.57 Å². The second kappa shape index (κ2) is 7.77. The molecule has 0 amide bonds. The maximum Gasteiger partial charge on any atom is 0.257 e. The molecule has 1 aliphatic heterocycles. The summed E-state index contributed by atoms with van der Waals surface area (Å²) in [6.07, 6.45) is 0. The third kappa shape index (κ3) is 3.49. The predicted octanol–water partition coefficient (Wildman–Crippen LogP) is 3.10. The molecule has 138 valence electrons. The molecule has 1 saturated heterocycles. The Morgan fingerprint density at radius 3 is 2.81 bits per heavy atom. The van der Waals surface area contributed by atoms with E-state index in [9.17, 15) is 0 Å². The molecule has 0 radical (unpaired) electrons. The standard InChI is InChI=1S/C16H20N6O2S2/c1-3-22-15(21-6-8-23-9-7-21)19-20-16(22)26-11(2)13-17-18-14(24-13)12-5-4-10-25-12/h4-5,10-11H,3,6-9H2,1-2H3. The Hall–Kier alpha value is -1.91. The smallest absolute Gasteiger partial charge is 0.257 e. The monoisotopic (exact) mass is 392 g/mol. The molecule has 0 spiro atoms. The highest BCUT2D eigenvalue weighted by molar-refractivity contribution is 7.99. The maximum absolute atomic E-state index is 5.84. The molecule has 0 saturated carbocycles. The summed E-state index contributed by atoms with van der Waals surface area (Å²) in [4.78, 5) is 3.20. The fraction of sp³-hybridized carbons (Fsp3) is 0.500. The fourth-order valence-electron chi connectivity index (χ4n) is 2.75. The Morgan fingerprint density at radius 1 is 1.23 bits per heavy atom. The molecule has 4 heterocycles. The van der Waals surface area contributed by atoms with Gasteiger partial charge in [0, 0.05) is 19.6 Å². The van der Waals surface area contributed by atoms with Crippen LogP contribution in [-0.2, 0) is 11.3 Å². The molecular formula is C16H20N6O2S2. The number of aromatic nitrogens is 5. The first-order chi connectivity index (χ1) is 12.8.